The number of ketones is 2. The summed E-state index contributed by atoms with van der Waals surface area (Å²) in [6.45, 7) is 9.27. The summed E-state index contributed by atoms with van der Waals surface area (Å²) in [5, 5.41) is 8.42. The van der Waals surface area contributed by atoms with E-state index in [2.05, 4.69) is 74.5 Å². The van der Waals surface area contributed by atoms with Gasteiger partial charge in [0.25, 0.3) is 0 Å². The molecule has 0 saturated carbocycles. The Hall–Kier alpha value is 3.35. The van der Waals surface area contributed by atoms with Gasteiger partial charge >= 0.3 is 50.5 Å². The van der Waals surface area contributed by atoms with Crippen molar-refractivity contribution in [3.63, 3.8) is 0 Å². The van der Waals surface area contributed by atoms with Crippen molar-refractivity contribution in [2.24, 2.45) is 5.92 Å². The van der Waals surface area contributed by atoms with Gasteiger partial charge in [-0.2, -0.15) is 0 Å². The first-order chi connectivity index (χ1) is 9.94. The van der Waals surface area contributed by atoms with Gasteiger partial charge in [0.2, 0.25) is 0 Å². The molecular formula is C12H25I6O4-. The number of halogens is 6. The minimum atomic E-state index is -0.167. The molecule has 0 bridgehead atoms. The molecule has 10 heteroatoms. The van der Waals surface area contributed by atoms with Gasteiger partial charge in [0.15, 0.2) is 0 Å². The second-order valence-corrected chi connectivity index (χ2v) is 19.4. The zero-order valence-corrected chi connectivity index (χ0v) is 26.2. The van der Waals surface area contributed by atoms with Gasteiger partial charge in [-0.25, -0.2) is 0 Å². The maximum atomic E-state index is 10.6. The van der Waals surface area contributed by atoms with Crippen LogP contribution in [0.2, 0.25) is 0 Å². The summed E-state index contributed by atoms with van der Waals surface area (Å²) in [7, 11) is 0. The maximum absolute atomic E-state index is 10.6. The summed E-state index contributed by atoms with van der Waals surface area (Å²) in [4.78, 5) is 28.8. The Morgan fingerprint density at radius 2 is 1.32 bits per heavy atom. The van der Waals surface area contributed by atoms with Crippen molar-refractivity contribution in [1.82, 2.24) is 0 Å². The number of carbonyl (C=O) groups excluding carboxylic acids is 3. The third-order valence-electron chi connectivity index (χ3n) is 1.96. The predicted molar refractivity (Wildman–Crippen MR) is 136 cm³/mol. The van der Waals surface area contributed by atoms with Crippen molar-refractivity contribution in [1.29, 1.82) is 0 Å². The average molecular weight is 995 g/mol. The van der Waals surface area contributed by atoms with Gasteiger partial charge in [0.1, 0.15) is 18.4 Å². The topological polar surface area (TPSA) is 71.4 Å². The summed E-state index contributed by atoms with van der Waals surface area (Å²) in [6, 6.07) is 0. The Kier molecular flexibility index (Phi) is 80.5. The van der Waals surface area contributed by atoms with Gasteiger partial charge in [0, 0.05) is 62.4 Å². The molecule has 1 N–H and O–H groups in total. The van der Waals surface area contributed by atoms with E-state index in [0.717, 1.165) is 0 Å². The summed E-state index contributed by atoms with van der Waals surface area (Å²) < 4.78 is 0. The first-order valence-corrected chi connectivity index (χ1v) is 24.8. The Labute approximate surface area is 205 Å². The molecule has 0 fully saturated rings. The minimum absolute atomic E-state index is 0. The molecule has 1 unspecified atom stereocenters. The van der Waals surface area contributed by atoms with Gasteiger partial charge in [-0.15, -0.1) is 24.0 Å². The van der Waals surface area contributed by atoms with Crippen molar-refractivity contribution in [2.75, 3.05) is 6.61 Å². The summed E-state index contributed by atoms with van der Waals surface area (Å²) in [5.41, 5.74) is 0. The van der Waals surface area contributed by atoms with Gasteiger partial charge in [-0.1, -0.05) is 27.7 Å². The molecule has 0 aromatic rings. The Morgan fingerprint density at radius 3 is 1.36 bits per heavy atom. The predicted octanol–water partition coefficient (Wildman–Crippen LogP) is 2.95. The molecule has 140 valence electrons. The zero-order valence-electron chi connectivity index (χ0n) is 13.1. The first-order valence-electron chi connectivity index (χ1n) is 5.90. The zero-order chi connectivity index (χ0) is 18.3. The molecule has 0 rings (SSSR count). The van der Waals surface area contributed by atoms with Crippen molar-refractivity contribution < 1.29 is 32.7 Å². The van der Waals surface area contributed by atoms with E-state index in [1.165, 1.54) is 0 Å². The van der Waals surface area contributed by atoms with E-state index in [9.17, 15) is 9.59 Å². The van der Waals surface area contributed by atoms with Crippen LogP contribution in [0.3, 0.4) is 0 Å². The number of carbonyl (C=O) groups is 3. The van der Waals surface area contributed by atoms with Crippen LogP contribution < -0.4 is 13.3 Å². The molecule has 0 saturated heterocycles. The van der Waals surface area contributed by atoms with Crippen LogP contribution in [0.25, 0.3) is 0 Å². The molecule has 0 aromatic heterocycles. The van der Waals surface area contributed by atoms with Crippen LogP contribution in [-0.4, -0.2) is 30.1 Å². The Bertz CT molecular complexity index is 202. The number of Topliss-reactive ketones (excluding diaryl/α,β-unsaturated/α-hetero) is 2. The summed E-state index contributed by atoms with van der Waals surface area (Å²) in [6.07, 6.45) is 1.91. The third kappa shape index (κ3) is 49.5. The number of rotatable bonds is 5. The van der Waals surface area contributed by atoms with Crippen molar-refractivity contribution in [3.8, 4) is 0 Å². The molecule has 0 amide bonds. The molecule has 0 aliphatic heterocycles. The fourth-order valence-electron chi connectivity index (χ4n) is 0.700. The first kappa shape index (κ1) is 40.1. The number of aliphatic hydroxyl groups excluding tert-OH is 1. The van der Waals surface area contributed by atoms with Crippen LogP contribution in [0, 0.1) is 5.92 Å². The Balaban J connectivity index is -0.0000000407. The van der Waals surface area contributed by atoms with E-state index >= 15 is 0 Å². The number of aliphatic hydroxyl groups is 1. The fraction of sp³-hybridized carbons (Fsp3) is 0.750. The molecule has 0 heterocycles. The Morgan fingerprint density at radius 1 is 1.05 bits per heavy atom. The van der Waals surface area contributed by atoms with Crippen LogP contribution in [-0.2, 0) is 14.4 Å². The van der Waals surface area contributed by atoms with E-state index in [1.807, 2.05) is 20.6 Å². The molecule has 0 radical (unpaired) electrons. The van der Waals surface area contributed by atoms with Crippen molar-refractivity contribution >= 4 is 117 Å². The monoisotopic (exact) mass is 995 g/mol. The van der Waals surface area contributed by atoms with E-state index in [4.69, 9.17) is 9.90 Å². The van der Waals surface area contributed by atoms with Crippen LogP contribution >= 0.6 is 98.4 Å². The fourth-order valence-corrected chi connectivity index (χ4v) is 0.700. The molecule has 4 nitrogen and oxygen atoms in total. The van der Waals surface area contributed by atoms with Gasteiger partial charge in [-0.05, 0) is 0 Å². The number of hydrogen-bond acceptors (Lipinski definition) is 4. The van der Waals surface area contributed by atoms with Gasteiger partial charge in [0.05, 0.1) is 6.61 Å². The molecule has 0 spiro atoms. The average Bonchev–Trinajstić information content (AvgIpc) is 2.57. The number of hydrogen-bond donors (Lipinski definition) is 1. The quantitative estimate of drug-likeness (QED) is 0.431. The van der Waals surface area contributed by atoms with Crippen LogP contribution in [0.4, 0.5) is 0 Å². The van der Waals surface area contributed by atoms with Crippen LogP contribution in [0.5, 0.6) is 0 Å². The van der Waals surface area contributed by atoms with E-state index < -0.39 is 0 Å². The van der Waals surface area contributed by atoms with Crippen molar-refractivity contribution in [2.45, 2.75) is 47.0 Å². The summed E-state index contributed by atoms with van der Waals surface area (Å²) >= 11 is 9.54. The molecule has 0 aliphatic rings. The molecule has 1 atom stereocenters. The molecule has 0 aromatic carbocycles. The standard InChI is InChI=1S/C6H12O2.C5H10O.CH2O.I3.I2.HI/c1-3-6(8)5(2)4-7;1-3-5(6)4-2;1-2;1-3-2;1-2;/h5,7H,3-4H2,1-2H3;3-4H2,1-2H3;1H2;;;1H/q;;;-1;;. The van der Waals surface area contributed by atoms with Gasteiger partial charge in [-0.3, -0.25) is 9.59 Å². The van der Waals surface area contributed by atoms with Crippen molar-refractivity contribution in [3.05, 3.63) is 0 Å². The third-order valence-corrected chi connectivity index (χ3v) is 1.96. The van der Waals surface area contributed by atoms with Crippen LogP contribution in [0.15, 0.2) is 0 Å². The van der Waals surface area contributed by atoms with E-state index in [0.29, 0.717) is 38.3 Å². The molecule has 0 aliphatic carbocycles. The van der Waals surface area contributed by atoms with Gasteiger partial charge < -0.3 is 9.90 Å². The molecular weight excluding hydrogens is 970 g/mol. The SMILES string of the molecule is C=O.CCC(=O)C(C)CO.CCC(=O)CC.I.II.I[I-]I. The van der Waals surface area contributed by atoms with E-state index in [-0.39, 0.29) is 42.3 Å². The molecule has 22 heavy (non-hydrogen) atoms. The second-order valence-electron chi connectivity index (χ2n) is 3.20. The normalized spacial score (nSPS) is 8.59. The second kappa shape index (κ2) is 44.1. The summed E-state index contributed by atoms with van der Waals surface area (Å²) in [5.74, 6) is 0.308. The van der Waals surface area contributed by atoms with E-state index in [1.54, 1.807) is 13.8 Å². The van der Waals surface area contributed by atoms with Crippen LogP contribution in [0.1, 0.15) is 47.0 Å².